The molecule has 2 fully saturated rings. The molecule has 2 atom stereocenters. The van der Waals surface area contributed by atoms with E-state index < -0.39 is 0 Å². The van der Waals surface area contributed by atoms with Gasteiger partial charge in [-0.2, -0.15) is 0 Å². The first-order chi connectivity index (χ1) is 14.2. The number of hydrogen-bond acceptors (Lipinski definition) is 4. The number of ether oxygens (including phenoxy) is 2. The lowest BCUT2D eigenvalue weighted by Gasteiger charge is -2.24. The fourth-order valence-electron chi connectivity index (χ4n) is 4.77. The van der Waals surface area contributed by atoms with Gasteiger partial charge in [-0.3, -0.25) is 10.1 Å². The molecule has 1 aromatic carbocycles. The Balaban J connectivity index is 1.33. The number of benzene rings is 1. The fraction of sp³-hybridized carbons (Fsp3) is 0.636. The van der Waals surface area contributed by atoms with E-state index in [0.717, 1.165) is 63.0 Å². The molecule has 2 heterocycles. The summed E-state index contributed by atoms with van der Waals surface area (Å²) in [5, 5.41) is 5.48. The van der Waals surface area contributed by atoms with Crippen LogP contribution in [0.25, 0.3) is 0 Å². The number of nitrogens with one attached hydrogen (secondary N) is 3. The quantitative estimate of drug-likeness (QED) is 0.717. The van der Waals surface area contributed by atoms with Crippen molar-refractivity contribution in [3.63, 3.8) is 0 Å². The third kappa shape index (κ3) is 5.21. The van der Waals surface area contributed by atoms with Crippen LogP contribution in [0.1, 0.15) is 63.0 Å². The van der Waals surface area contributed by atoms with Gasteiger partial charge in [0.1, 0.15) is 6.04 Å². The van der Waals surface area contributed by atoms with E-state index in [9.17, 15) is 9.59 Å². The molecule has 0 bridgehead atoms. The second-order valence-electron chi connectivity index (χ2n) is 8.39. The number of quaternary nitrogens is 1. The Morgan fingerprint density at radius 1 is 0.966 bits per heavy atom. The zero-order valence-corrected chi connectivity index (χ0v) is 17.0. The standard InChI is InChI=1S/C22H31N3O4/c26-21(24-22(27)23-17-6-2-1-3-7-17)15-25-11-4-8-18(25)16-9-10-19-20(14-16)29-13-5-12-28-19/h9-10,14,17-18H,1-8,11-13,15H2,(H2,23,24,26,27)/p+1/t18-/m0/s1. The van der Waals surface area contributed by atoms with Gasteiger partial charge in [-0.25, -0.2) is 4.79 Å². The van der Waals surface area contributed by atoms with Gasteiger partial charge in [0.05, 0.1) is 19.8 Å². The van der Waals surface area contributed by atoms with Gasteiger partial charge in [0.15, 0.2) is 18.0 Å². The summed E-state index contributed by atoms with van der Waals surface area (Å²) in [6.07, 6.45) is 8.51. The second-order valence-corrected chi connectivity index (χ2v) is 8.39. The van der Waals surface area contributed by atoms with Gasteiger partial charge in [-0.1, -0.05) is 19.3 Å². The largest absolute Gasteiger partial charge is 0.490 e. The Kier molecular flexibility index (Phi) is 6.54. The number of amides is 3. The molecule has 158 valence electrons. The Bertz CT molecular complexity index is 733. The minimum absolute atomic E-state index is 0.199. The summed E-state index contributed by atoms with van der Waals surface area (Å²) in [5.41, 5.74) is 1.17. The summed E-state index contributed by atoms with van der Waals surface area (Å²) in [4.78, 5) is 25.8. The number of urea groups is 1. The van der Waals surface area contributed by atoms with Crippen molar-refractivity contribution in [3.8, 4) is 11.5 Å². The summed E-state index contributed by atoms with van der Waals surface area (Å²) >= 11 is 0. The molecule has 3 aliphatic rings. The normalized spacial score (nSPS) is 24.6. The van der Waals surface area contributed by atoms with Gasteiger partial charge in [-0.05, 0) is 31.0 Å². The predicted molar refractivity (Wildman–Crippen MR) is 108 cm³/mol. The number of rotatable bonds is 4. The molecule has 7 heteroatoms. The molecule has 1 aromatic rings. The van der Waals surface area contributed by atoms with Crippen LogP contribution in [0.3, 0.4) is 0 Å². The van der Waals surface area contributed by atoms with Crippen molar-refractivity contribution in [1.29, 1.82) is 0 Å². The zero-order valence-electron chi connectivity index (χ0n) is 17.0. The molecule has 1 saturated heterocycles. The highest BCUT2D eigenvalue weighted by Crippen LogP contribution is 2.33. The summed E-state index contributed by atoms with van der Waals surface area (Å²) in [6.45, 7) is 2.57. The molecule has 1 unspecified atom stereocenters. The highest BCUT2D eigenvalue weighted by atomic mass is 16.5. The Morgan fingerprint density at radius 3 is 2.59 bits per heavy atom. The fourth-order valence-corrected chi connectivity index (χ4v) is 4.77. The van der Waals surface area contributed by atoms with Crippen molar-refractivity contribution in [3.05, 3.63) is 23.8 Å². The topological polar surface area (TPSA) is 81.1 Å². The van der Waals surface area contributed by atoms with Crippen LogP contribution in [-0.2, 0) is 4.79 Å². The Morgan fingerprint density at radius 2 is 1.76 bits per heavy atom. The lowest BCUT2D eigenvalue weighted by Crippen LogP contribution is -3.11. The number of carbonyl (C=O) groups is 2. The van der Waals surface area contributed by atoms with Crippen molar-refractivity contribution in [2.45, 2.75) is 63.5 Å². The molecular formula is C22H32N3O4+. The average Bonchev–Trinajstić information content (AvgIpc) is 3.03. The van der Waals surface area contributed by atoms with E-state index in [1.807, 2.05) is 6.07 Å². The molecule has 29 heavy (non-hydrogen) atoms. The van der Waals surface area contributed by atoms with Crippen LogP contribution >= 0.6 is 0 Å². The van der Waals surface area contributed by atoms with Gasteiger partial charge >= 0.3 is 6.03 Å². The highest BCUT2D eigenvalue weighted by molar-refractivity contribution is 5.94. The molecule has 4 rings (SSSR count). The molecule has 0 aromatic heterocycles. The van der Waals surface area contributed by atoms with E-state index >= 15 is 0 Å². The lowest BCUT2D eigenvalue weighted by atomic mass is 9.96. The SMILES string of the molecule is O=C(C[NH+]1CCC[C@H]1c1ccc2c(c1)OCCCO2)NC(=O)NC1CCCCC1. The van der Waals surface area contributed by atoms with E-state index in [0.29, 0.717) is 19.8 Å². The first-order valence-electron chi connectivity index (χ1n) is 11.0. The van der Waals surface area contributed by atoms with E-state index in [-0.39, 0.29) is 24.0 Å². The van der Waals surface area contributed by atoms with Gasteiger partial charge < -0.3 is 19.7 Å². The van der Waals surface area contributed by atoms with Crippen LogP contribution in [0.5, 0.6) is 11.5 Å². The molecule has 7 nitrogen and oxygen atoms in total. The Labute approximate surface area is 172 Å². The summed E-state index contributed by atoms with van der Waals surface area (Å²) < 4.78 is 11.5. The van der Waals surface area contributed by atoms with Crippen LogP contribution in [0.4, 0.5) is 4.79 Å². The highest BCUT2D eigenvalue weighted by Gasteiger charge is 2.33. The van der Waals surface area contributed by atoms with Crippen LogP contribution in [0.15, 0.2) is 18.2 Å². The van der Waals surface area contributed by atoms with Crippen molar-refractivity contribution in [2.24, 2.45) is 0 Å². The number of imide groups is 1. The maximum atomic E-state index is 12.5. The van der Waals surface area contributed by atoms with Crippen LogP contribution in [-0.4, -0.2) is 44.3 Å². The number of likely N-dealkylation sites (tertiary alicyclic amines) is 1. The summed E-state index contributed by atoms with van der Waals surface area (Å²) in [5.74, 6) is 1.38. The van der Waals surface area contributed by atoms with E-state index in [4.69, 9.17) is 9.47 Å². The van der Waals surface area contributed by atoms with Crippen molar-refractivity contribution in [2.75, 3.05) is 26.3 Å². The van der Waals surface area contributed by atoms with Crippen molar-refractivity contribution in [1.82, 2.24) is 10.6 Å². The monoisotopic (exact) mass is 402 g/mol. The minimum atomic E-state index is -0.354. The average molecular weight is 403 g/mol. The zero-order chi connectivity index (χ0) is 20.1. The Hall–Kier alpha value is -2.28. The van der Waals surface area contributed by atoms with Crippen molar-refractivity contribution < 1.29 is 24.0 Å². The molecule has 1 saturated carbocycles. The molecule has 0 radical (unpaired) electrons. The third-order valence-corrected chi connectivity index (χ3v) is 6.24. The van der Waals surface area contributed by atoms with Crippen LogP contribution in [0, 0.1) is 0 Å². The van der Waals surface area contributed by atoms with E-state index in [2.05, 4.69) is 22.8 Å². The van der Waals surface area contributed by atoms with E-state index in [1.54, 1.807) is 0 Å². The lowest BCUT2D eigenvalue weighted by molar-refractivity contribution is -0.910. The molecule has 3 amide bonds. The van der Waals surface area contributed by atoms with Gasteiger partial charge in [0.2, 0.25) is 0 Å². The summed E-state index contributed by atoms with van der Waals surface area (Å²) in [6, 6.07) is 6.20. The smallest absolute Gasteiger partial charge is 0.321 e. The number of fused-ring (bicyclic) bond motifs is 1. The second kappa shape index (κ2) is 9.48. The molecule has 3 N–H and O–H groups in total. The van der Waals surface area contributed by atoms with E-state index in [1.165, 1.54) is 16.9 Å². The minimum Gasteiger partial charge on any atom is -0.490 e. The molecule has 0 spiro atoms. The molecular weight excluding hydrogens is 370 g/mol. The maximum absolute atomic E-state index is 12.5. The predicted octanol–water partition coefficient (Wildman–Crippen LogP) is 1.73. The third-order valence-electron chi connectivity index (χ3n) is 6.24. The summed E-state index contributed by atoms with van der Waals surface area (Å²) in [7, 11) is 0. The maximum Gasteiger partial charge on any atom is 0.321 e. The van der Waals surface area contributed by atoms with Crippen LogP contribution < -0.4 is 25.0 Å². The van der Waals surface area contributed by atoms with Crippen LogP contribution in [0.2, 0.25) is 0 Å². The van der Waals surface area contributed by atoms with Crippen molar-refractivity contribution >= 4 is 11.9 Å². The van der Waals surface area contributed by atoms with Gasteiger partial charge in [0.25, 0.3) is 5.91 Å². The van der Waals surface area contributed by atoms with Gasteiger partial charge in [-0.15, -0.1) is 0 Å². The molecule has 2 aliphatic heterocycles. The number of hydrogen-bond donors (Lipinski definition) is 3. The number of carbonyl (C=O) groups excluding carboxylic acids is 2. The van der Waals surface area contributed by atoms with Gasteiger partial charge in [0, 0.05) is 30.9 Å². The first-order valence-corrected chi connectivity index (χ1v) is 11.0. The molecule has 1 aliphatic carbocycles. The first kappa shape index (κ1) is 20.0.